The smallest absolute Gasteiger partial charge is 0.307 e. The molecule has 0 spiro atoms. The molecule has 0 saturated carbocycles. The zero-order valence-electron chi connectivity index (χ0n) is 23.1. The fraction of sp³-hybridized carbons (Fsp3) is 0.171. The van der Waals surface area contributed by atoms with E-state index in [2.05, 4.69) is 18.1 Å². The first-order valence-electron chi connectivity index (χ1n) is 13.4. The number of Topliss-reactive ketones (excluding diaryl/α,β-unsaturated/α-hetero) is 1. The summed E-state index contributed by atoms with van der Waals surface area (Å²) >= 11 is 0. The molecule has 0 fully saturated rings. The van der Waals surface area contributed by atoms with Gasteiger partial charge in [-0.1, -0.05) is 86.0 Å². The molecule has 1 unspecified atom stereocenters. The van der Waals surface area contributed by atoms with Crippen LogP contribution in [-0.2, 0) is 17.6 Å². The van der Waals surface area contributed by atoms with Crippen LogP contribution in [0.2, 0.25) is 0 Å². The van der Waals surface area contributed by atoms with E-state index in [4.69, 9.17) is 9.15 Å². The molecule has 41 heavy (non-hydrogen) atoms. The molecule has 0 aliphatic rings. The number of carbonyl (C=O) groups excluding carboxylic acids is 1. The van der Waals surface area contributed by atoms with Crippen molar-refractivity contribution in [2.75, 3.05) is 6.61 Å². The van der Waals surface area contributed by atoms with E-state index in [9.17, 15) is 14.7 Å². The van der Waals surface area contributed by atoms with E-state index in [1.54, 1.807) is 30.3 Å². The van der Waals surface area contributed by atoms with Gasteiger partial charge in [-0.3, -0.25) is 9.59 Å². The highest BCUT2D eigenvalue weighted by Gasteiger charge is 2.22. The quantitative estimate of drug-likeness (QED) is 0.100. The topological polar surface area (TPSA) is 89.6 Å². The van der Waals surface area contributed by atoms with Crippen molar-refractivity contribution in [2.45, 2.75) is 26.2 Å². The van der Waals surface area contributed by atoms with Crippen molar-refractivity contribution in [3.63, 3.8) is 0 Å². The number of nitrogens with zero attached hydrogens (tertiary/aromatic N) is 1. The van der Waals surface area contributed by atoms with Crippen molar-refractivity contribution in [1.82, 2.24) is 4.98 Å². The Hall–Kier alpha value is -4.97. The second kappa shape index (κ2) is 13.9. The maximum atomic E-state index is 13.0. The Morgan fingerprint density at radius 3 is 2.22 bits per heavy atom. The molecule has 6 nitrogen and oxygen atoms in total. The minimum absolute atomic E-state index is 0.152. The second-order valence-corrected chi connectivity index (χ2v) is 9.62. The summed E-state index contributed by atoms with van der Waals surface area (Å²) in [6, 6.07) is 26.0. The molecule has 0 aliphatic heterocycles. The first-order valence-corrected chi connectivity index (χ1v) is 13.4. The highest BCUT2D eigenvalue weighted by molar-refractivity contribution is 6.11. The number of carboxylic acid groups (broad SMARTS) is 1. The summed E-state index contributed by atoms with van der Waals surface area (Å²) in [5.41, 5.74) is 4.05. The van der Waals surface area contributed by atoms with Crippen LogP contribution in [0.1, 0.15) is 33.8 Å². The van der Waals surface area contributed by atoms with Crippen molar-refractivity contribution in [3.8, 4) is 17.2 Å². The van der Waals surface area contributed by atoms with Gasteiger partial charge in [-0.2, -0.15) is 0 Å². The zero-order valence-corrected chi connectivity index (χ0v) is 23.1. The summed E-state index contributed by atoms with van der Waals surface area (Å²) in [6.07, 6.45) is 4.05. The van der Waals surface area contributed by atoms with Crippen LogP contribution in [0.5, 0.6) is 5.75 Å². The summed E-state index contributed by atoms with van der Waals surface area (Å²) in [5, 5.41) is 9.96. The zero-order chi connectivity index (χ0) is 29.2. The highest BCUT2D eigenvalue weighted by atomic mass is 16.5. The summed E-state index contributed by atoms with van der Waals surface area (Å²) < 4.78 is 11.7. The van der Waals surface area contributed by atoms with Crippen LogP contribution >= 0.6 is 0 Å². The van der Waals surface area contributed by atoms with E-state index in [-0.39, 0.29) is 18.6 Å². The van der Waals surface area contributed by atoms with Gasteiger partial charge in [0.05, 0.1) is 18.2 Å². The Balaban J connectivity index is 1.37. The predicted molar refractivity (Wildman–Crippen MR) is 160 cm³/mol. The molecule has 0 radical (unpaired) electrons. The van der Waals surface area contributed by atoms with Crippen LogP contribution in [0.15, 0.2) is 126 Å². The van der Waals surface area contributed by atoms with Crippen molar-refractivity contribution >= 4 is 11.8 Å². The van der Waals surface area contributed by atoms with E-state index in [0.29, 0.717) is 41.4 Å². The van der Waals surface area contributed by atoms with Crippen molar-refractivity contribution < 1.29 is 23.8 Å². The SMILES string of the molecule is C=C/C(CC(Cc1ccc(OCCc2nc(-c3ccccc3)oc2C)cc1)C(=O)O)=C(\C=C)C(=O)c1ccccc1. The maximum absolute atomic E-state index is 13.0. The lowest BCUT2D eigenvalue weighted by molar-refractivity contribution is -0.141. The molecule has 0 saturated heterocycles. The van der Waals surface area contributed by atoms with Gasteiger partial charge < -0.3 is 14.3 Å². The molecule has 4 aromatic rings. The third kappa shape index (κ3) is 7.57. The normalized spacial score (nSPS) is 12.2. The number of carboxylic acids is 1. The van der Waals surface area contributed by atoms with E-state index in [1.165, 1.54) is 6.08 Å². The van der Waals surface area contributed by atoms with Crippen LogP contribution in [0.25, 0.3) is 11.5 Å². The Kier molecular flexibility index (Phi) is 9.84. The van der Waals surface area contributed by atoms with Crippen LogP contribution < -0.4 is 4.74 Å². The number of oxazole rings is 1. The second-order valence-electron chi connectivity index (χ2n) is 9.62. The number of hydrogen-bond donors (Lipinski definition) is 1. The Bertz CT molecular complexity index is 1530. The third-order valence-electron chi connectivity index (χ3n) is 6.82. The minimum Gasteiger partial charge on any atom is -0.493 e. The van der Waals surface area contributed by atoms with Gasteiger partial charge in [0, 0.05) is 23.1 Å². The molecule has 6 heteroatoms. The van der Waals surface area contributed by atoms with Gasteiger partial charge in [0.15, 0.2) is 5.78 Å². The lowest BCUT2D eigenvalue weighted by Crippen LogP contribution is -2.18. The van der Waals surface area contributed by atoms with Crippen molar-refractivity contribution in [1.29, 1.82) is 0 Å². The number of carbonyl (C=O) groups is 2. The molecule has 1 heterocycles. The molecule has 0 amide bonds. The average molecular weight is 548 g/mol. The fourth-order valence-corrected chi connectivity index (χ4v) is 4.57. The van der Waals surface area contributed by atoms with Crippen LogP contribution in [-0.4, -0.2) is 28.4 Å². The first kappa shape index (κ1) is 29.0. The van der Waals surface area contributed by atoms with E-state index in [1.807, 2.05) is 67.6 Å². The number of aliphatic carboxylic acids is 1. The Morgan fingerprint density at radius 2 is 1.61 bits per heavy atom. The van der Waals surface area contributed by atoms with Gasteiger partial charge >= 0.3 is 5.97 Å². The van der Waals surface area contributed by atoms with Gasteiger partial charge in [0.2, 0.25) is 5.89 Å². The molecule has 4 rings (SSSR count). The molecule has 0 bridgehead atoms. The monoisotopic (exact) mass is 547 g/mol. The van der Waals surface area contributed by atoms with E-state index < -0.39 is 11.9 Å². The molecule has 1 aromatic heterocycles. The largest absolute Gasteiger partial charge is 0.493 e. The number of rotatable bonds is 14. The van der Waals surface area contributed by atoms with Crippen molar-refractivity contribution in [2.24, 2.45) is 5.92 Å². The summed E-state index contributed by atoms with van der Waals surface area (Å²) in [7, 11) is 0. The van der Waals surface area contributed by atoms with Crippen LogP contribution in [0.4, 0.5) is 0 Å². The number of aryl methyl sites for hydroxylation is 1. The molecule has 1 atom stereocenters. The van der Waals surface area contributed by atoms with E-state index in [0.717, 1.165) is 22.6 Å². The number of ketones is 1. The molecule has 1 N–H and O–H groups in total. The van der Waals surface area contributed by atoms with Crippen LogP contribution in [0.3, 0.4) is 0 Å². The molecule has 3 aromatic carbocycles. The summed E-state index contributed by atoms with van der Waals surface area (Å²) in [5.74, 6) is 0.132. The van der Waals surface area contributed by atoms with Gasteiger partial charge in [-0.25, -0.2) is 4.98 Å². The number of ether oxygens (including phenoxy) is 1. The predicted octanol–water partition coefficient (Wildman–Crippen LogP) is 7.46. The Labute approximate surface area is 240 Å². The number of aromatic nitrogens is 1. The van der Waals surface area contributed by atoms with Gasteiger partial charge in [-0.15, -0.1) is 0 Å². The maximum Gasteiger partial charge on any atom is 0.307 e. The number of allylic oxidation sites excluding steroid dienone is 4. The molecular formula is C35H33NO5. The van der Waals surface area contributed by atoms with Gasteiger partial charge in [0.1, 0.15) is 11.5 Å². The lowest BCUT2D eigenvalue weighted by atomic mass is 9.88. The Morgan fingerprint density at radius 1 is 0.951 bits per heavy atom. The summed E-state index contributed by atoms with van der Waals surface area (Å²) in [6.45, 7) is 9.94. The first-order chi connectivity index (χ1) is 19.9. The lowest BCUT2D eigenvalue weighted by Gasteiger charge is -2.16. The van der Waals surface area contributed by atoms with Crippen molar-refractivity contribution in [3.05, 3.63) is 144 Å². The molecular weight excluding hydrogens is 514 g/mol. The number of benzene rings is 3. The fourth-order valence-electron chi connectivity index (χ4n) is 4.57. The van der Waals surface area contributed by atoms with Gasteiger partial charge in [0.25, 0.3) is 0 Å². The average Bonchev–Trinajstić information content (AvgIpc) is 3.38. The molecule has 208 valence electrons. The number of hydrogen-bond acceptors (Lipinski definition) is 5. The highest BCUT2D eigenvalue weighted by Crippen LogP contribution is 2.25. The van der Waals surface area contributed by atoms with E-state index >= 15 is 0 Å². The third-order valence-corrected chi connectivity index (χ3v) is 6.82. The van der Waals surface area contributed by atoms with Crippen LogP contribution in [0, 0.1) is 12.8 Å². The molecule has 0 aliphatic carbocycles. The standard InChI is InChI=1S/C35H33NO5/c1-4-26(31(5-2)33(37)27-12-8-6-9-13-27)23-29(35(38)39)22-25-16-18-30(19-17-25)40-21-20-32-24(3)41-34(36-32)28-14-10-7-11-15-28/h4-19,29H,1-2,20-23H2,3H3,(H,38,39)/b31-26-. The minimum atomic E-state index is -0.946. The van der Waals surface area contributed by atoms with Gasteiger partial charge in [-0.05, 0) is 55.2 Å². The summed E-state index contributed by atoms with van der Waals surface area (Å²) in [4.78, 5) is 29.8.